The van der Waals surface area contributed by atoms with Crippen LogP contribution in [0.1, 0.15) is 12.8 Å². The lowest BCUT2D eigenvalue weighted by Crippen LogP contribution is -2.36. The van der Waals surface area contributed by atoms with Crippen LogP contribution in [0.15, 0.2) is 30.5 Å². The average Bonchev–Trinajstić information content (AvgIpc) is 2.98. The molecule has 1 unspecified atom stereocenters. The predicted molar refractivity (Wildman–Crippen MR) is 86.9 cm³/mol. The van der Waals surface area contributed by atoms with Crippen LogP contribution in [0, 0.1) is 0 Å². The van der Waals surface area contributed by atoms with Crippen molar-refractivity contribution in [1.29, 1.82) is 0 Å². The number of benzene rings is 1. The van der Waals surface area contributed by atoms with Gasteiger partial charge < -0.3 is 10.6 Å². The number of nitrogens with two attached hydrogens (primary N) is 1. The molecule has 1 fully saturated rings. The molecule has 1 aliphatic heterocycles. The van der Waals surface area contributed by atoms with Crippen molar-refractivity contribution in [2.24, 2.45) is 5.73 Å². The van der Waals surface area contributed by atoms with Gasteiger partial charge in [-0.3, -0.25) is 0 Å². The summed E-state index contributed by atoms with van der Waals surface area (Å²) in [6.07, 6.45) is 3.95. The molecule has 1 aromatic heterocycles. The van der Waals surface area contributed by atoms with Gasteiger partial charge in [-0.1, -0.05) is 23.2 Å². The van der Waals surface area contributed by atoms with Gasteiger partial charge in [-0.15, -0.1) is 0 Å². The van der Waals surface area contributed by atoms with Crippen molar-refractivity contribution in [2.75, 3.05) is 18.0 Å². The second-order valence-electron chi connectivity index (χ2n) is 5.09. The van der Waals surface area contributed by atoms with Gasteiger partial charge in [0.05, 0.1) is 10.7 Å². The second-order valence-corrected chi connectivity index (χ2v) is 5.93. The summed E-state index contributed by atoms with van der Waals surface area (Å²) in [7, 11) is 0. The molecule has 110 valence electrons. The Kier molecular flexibility index (Phi) is 4.29. The van der Waals surface area contributed by atoms with E-state index >= 15 is 0 Å². The van der Waals surface area contributed by atoms with Crippen LogP contribution in [0.5, 0.6) is 0 Å². The smallest absolute Gasteiger partial charge is 0.226 e. The van der Waals surface area contributed by atoms with Crippen molar-refractivity contribution in [1.82, 2.24) is 9.97 Å². The standard InChI is InChI=1S/C15H16Cl2N4/c16-10-3-4-13(17)12(8-10)14-5-6-19-15(20-14)21-7-1-2-11(21)9-18/h3-6,8,11H,1-2,7,9,18H2. The van der Waals surface area contributed by atoms with Crippen molar-refractivity contribution in [2.45, 2.75) is 18.9 Å². The lowest BCUT2D eigenvalue weighted by Gasteiger charge is -2.23. The van der Waals surface area contributed by atoms with E-state index in [9.17, 15) is 0 Å². The highest BCUT2D eigenvalue weighted by molar-refractivity contribution is 6.35. The minimum absolute atomic E-state index is 0.315. The zero-order valence-corrected chi connectivity index (χ0v) is 13.0. The Hall–Kier alpha value is -1.36. The fraction of sp³-hybridized carbons (Fsp3) is 0.333. The van der Waals surface area contributed by atoms with Gasteiger partial charge in [0.2, 0.25) is 5.95 Å². The SMILES string of the molecule is NCC1CCCN1c1nccc(-c2cc(Cl)ccc2Cl)n1. The van der Waals surface area contributed by atoms with Gasteiger partial charge in [0, 0.05) is 35.9 Å². The topological polar surface area (TPSA) is 55.0 Å². The number of nitrogens with zero attached hydrogens (tertiary/aromatic N) is 3. The molecule has 1 aliphatic rings. The molecule has 0 amide bonds. The summed E-state index contributed by atoms with van der Waals surface area (Å²) < 4.78 is 0. The van der Waals surface area contributed by atoms with Gasteiger partial charge >= 0.3 is 0 Å². The van der Waals surface area contributed by atoms with Crippen molar-refractivity contribution in [3.05, 3.63) is 40.5 Å². The molecule has 0 bridgehead atoms. The van der Waals surface area contributed by atoms with Gasteiger partial charge in [-0.25, -0.2) is 9.97 Å². The summed E-state index contributed by atoms with van der Waals surface area (Å²) in [6.45, 7) is 1.56. The fourth-order valence-electron chi connectivity index (χ4n) is 2.67. The number of halogens is 2. The van der Waals surface area contributed by atoms with E-state index in [2.05, 4.69) is 14.9 Å². The van der Waals surface area contributed by atoms with Gasteiger partial charge in [0.15, 0.2) is 0 Å². The zero-order chi connectivity index (χ0) is 14.8. The monoisotopic (exact) mass is 322 g/mol. The molecule has 2 N–H and O–H groups in total. The predicted octanol–water partition coefficient (Wildman–Crippen LogP) is 3.38. The molecule has 1 saturated heterocycles. The first-order chi connectivity index (χ1) is 10.2. The summed E-state index contributed by atoms with van der Waals surface area (Å²) in [6, 6.07) is 7.52. The highest BCUT2D eigenvalue weighted by atomic mass is 35.5. The summed E-state index contributed by atoms with van der Waals surface area (Å²) in [5.74, 6) is 0.705. The second kappa shape index (κ2) is 6.18. The molecule has 0 aliphatic carbocycles. The highest BCUT2D eigenvalue weighted by Gasteiger charge is 2.25. The maximum Gasteiger partial charge on any atom is 0.226 e. The van der Waals surface area contributed by atoms with E-state index in [4.69, 9.17) is 28.9 Å². The summed E-state index contributed by atoms with van der Waals surface area (Å²) in [4.78, 5) is 11.2. The van der Waals surface area contributed by atoms with Crippen LogP contribution in [0.4, 0.5) is 5.95 Å². The van der Waals surface area contributed by atoms with Crippen molar-refractivity contribution in [3.8, 4) is 11.3 Å². The molecule has 6 heteroatoms. The minimum Gasteiger partial charge on any atom is -0.337 e. The normalized spacial score (nSPS) is 18.2. The Labute approximate surface area is 133 Å². The van der Waals surface area contributed by atoms with E-state index in [0.29, 0.717) is 28.6 Å². The van der Waals surface area contributed by atoms with Gasteiger partial charge in [0.25, 0.3) is 0 Å². The summed E-state index contributed by atoms with van der Waals surface area (Å²) in [5.41, 5.74) is 7.41. The van der Waals surface area contributed by atoms with Crippen LogP contribution in [-0.4, -0.2) is 29.1 Å². The molecule has 2 aromatic rings. The lowest BCUT2D eigenvalue weighted by molar-refractivity contribution is 0.664. The van der Waals surface area contributed by atoms with E-state index in [-0.39, 0.29) is 0 Å². The van der Waals surface area contributed by atoms with Gasteiger partial charge in [0.1, 0.15) is 0 Å². The number of aromatic nitrogens is 2. The maximum absolute atomic E-state index is 6.25. The van der Waals surface area contributed by atoms with Gasteiger partial charge in [-0.05, 0) is 37.1 Å². The Bertz CT molecular complexity index is 647. The Morgan fingerprint density at radius 3 is 2.95 bits per heavy atom. The molecule has 0 saturated carbocycles. The summed E-state index contributed by atoms with van der Waals surface area (Å²) in [5, 5.41) is 1.26. The first kappa shape index (κ1) is 14.6. The molecule has 0 spiro atoms. The third-order valence-electron chi connectivity index (χ3n) is 3.75. The molecular formula is C15H16Cl2N4. The number of rotatable bonds is 3. The molecular weight excluding hydrogens is 307 g/mol. The van der Waals surface area contributed by atoms with E-state index < -0.39 is 0 Å². The van der Waals surface area contributed by atoms with Crippen LogP contribution >= 0.6 is 23.2 Å². The molecule has 0 radical (unpaired) electrons. The van der Waals surface area contributed by atoms with Crippen LogP contribution in [0.25, 0.3) is 11.3 Å². The largest absolute Gasteiger partial charge is 0.337 e. The lowest BCUT2D eigenvalue weighted by atomic mass is 10.1. The number of hydrogen-bond donors (Lipinski definition) is 1. The van der Waals surface area contributed by atoms with Crippen molar-refractivity contribution < 1.29 is 0 Å². The molecule has 1 aromatic carbocycles. The molecule has 21 heavy (non-hydrogen) atoms. The van der Waals surface area contributed by atoms with Crippen LogP contribution in [0.2, 0.25) is 10.0 Å². The van der Waals surface area contributed by atoms with E-state index in [1.54, 1.807) is 18.3 Å². The third kappa shape index (κ3) is 2.98. The average molecular weight is 323 g/mol. The van der Waals surface area contributed by atoms with Crippen LogP contribution in [-0.2, 0) is 0 Å². The Balaban J connectivity index is 1.98. The highest BCUT2D eigenvalue weighted by Crippen LogP contribution is 2.30. The fourth-order valence-corrected chi connectivity index (χ4v) is 3.06. The number of hydrogen-bond acceptors (Lipinski definition) is 4. The Morgan fingerprint density at radius 1 is 1.29 bits per heavy atom. The minimum atomic E-state index is 0.315. The number of anilines is 1. The van der Waals surface area contributed by atoms with Crippen LogP contribution < -0.4 is 10.6 Å². The van der Waals surface area contributed by atoms with E-state index in [1.165, 1.54) is 0 Å². The molecule has 2 heterocycles. The molecule has 4 nitrogen and oxygen atoms in total. The quantitative estimate of drug-likeness (QED) is 0.941. The van der Waals surface area contributed by atoms with Gasteiger partial charge in [-0.2, -0.15) is 0 Å². The van der Waals surface area contributed by atoms with E-state index in [0.717, 1.165) is 30.6 Å². The Morgan fingerprint density at radius 2 is 2.14 bits per heavy atom. The first-order valence-corrected chi connectivity index (χ1v) is 7.70. The van der Waals surface area contributed by atoms with Crippen LogP contribution in [0.3, 0.4) is 0 Å². The third-order valence-corrected chi connectivity index (χ3v) is 4.32. The molecule has 3 rings (SSSR count). The van der Waals surface area contributed by atoms with E-state index in [1.807, 2.05) is 12.1 Å². The van der Waals surface area contributed by atoms with Crippen molar-refractivity contribution in [3.63, 3.8) is 0 Å². The summed E-state index contributed by atoms with van der Waals surface area (Å²) >= 11 is 12.3. The zero-order valence-electron chi connectivity index (χ0n) is 11.5. The maximum atomic E-state index is 6.25. The molecule has 1 atom stereocenters. The van der Waals surface area contributed by atoms with Crippen molar-refractivity contribution >= 4 is 29.2 Å². The first-order valence-electron chi connectivity index (χ1n) is 6.94.